The van der Waals surface area contributed by atoms with Crippen molar-refractivity contribution in [3.05, 3.63) is 89.9 Å². The maximum atomic E-state index is 14.1. The van der Waals surface area contributed by atoms with Crippen LogP contribution in [0.4, 0.5) is 23.4 Å². The van der Waals surface area contributed by atoms with Gasteiger partial charge in [-0.1, -0.05) is 18.2 Å². The Morgan fingerprint density at radius 3 is 2.45 bits per heavy atom. The third-order valence-corrected chi connectivity index (χ3v) is 4.71. The number of hydrogen-bond acceptors (Lipinski definition) is 6. The normalized spacial score (nSPS) is 11.4. The fourth-order valence-electron chi connectivity index (χ4n) is 3.22. The minimum atomic E-state index is -4.79. The van der Waals surface area contributed by atoms with Crippen molar-refractivity contribution in [3.8, 4) is 22.5 Å². The number of rotatable bonds is 5. The van der Waals surface area contributed by atoms with Crippen LogP contribution in [-0.4, -0.2) is 25.7 Å². The number of anilines is 1. The van der Waals surface area contributed by atoms with E-state index in [0.717, 1.165) is 0 Å². The molecular formula is C23H15F4N5O. The predicted octanol–water partition coefficient (Wildman–Crippen LogP) is 4.77. The standard InChI is InChI=1S/C23H15F4N5O/c24-16-5-2-1-4-15(16)17-6-3-7-18(30-17)20(33)10-13-12-29-9-8-14(13)19-11-21(28)32-22(31-19)23(25,26)27/h1-9,11-12H,10H2,(H2,28,31,32). The van der Waals surface area contributed by atoms with E-state index in [-0.39, 0.29) is 40.4 Å². The number of Topliss-reactive ketones (excluding diaryl/α,β-unsaturated/α-hetero) is 1. The average Bonchev–Trinajstić information content (AvgIpc) is 2.79. The zero-order valence-electron chi connectivity index (χ0n) is 16.8. The van der Waals surface area contributed by atoms with Gasteiger partial charge in [-0.05, 0) is 35.9 Å². The van der Waals surface area contributed by atoms with Crippen molar-refractivity contribution in [1.29, 1.82) is 0 Å². The first-order chi connectivity index (χ1) is 15.7. The Hall–Kier alpha value is -4.21. The third kappa shape index (κ3) is 4.84. The summed E-state index contributed by atoms with van der Waals surface area (Å²) in [6.07, 6.45) is -2.28. The smallest absolute Gasteiger partial charge is 0.384 e. The largest absolute Gasteiger partial charge is 0.451 e. The summed E-state index contributed by atoms with van der Waals surface area (Å²) in [5, 5.41) is 0. The maximum Gasteiger partial charge on any atom is 0.451 e. The molecule has 0 aliphatic heterocycles. The molecule has 4 rings (SSSR count). The van der Waals surface area contributed by atoms with Crippen LogP contribution in [-0.2, 0) is 12.6 Å². The Morgan fingerprint density at radius 1 is 0.909 bits per heavy atom. The minimum absolute atomic E-state index is 0.0729. The molecule has 3 aromatic heterocycles. The Bertz CT molecular complexity index is 1340. The Balaban J connectivity index is 1.67. The quantitative estimate of drug-likeness (QED) is 0.346. The van der Waals surface area contributed by atoms with Crippen molar-refractivity contribution in [3.63, 3.8) is 0 Å². The highest BCUT2D eigenvalue weighted by molar-refractivity contribution is 5.97. The molecule has 0 unspecified atom stereocenters. The summed E-state index contributed by atoms with van der Waals surface area (Å²) in [4.78, 5) is 28.0. The summed E-state index contributed by atoms with van der Waals surface area (Å²) in [6, 6.07) is 13.3. The van der Waals surface area contributed by atoms with Crippen LogP contribution in [0.3, 0.4) is 0 Å². The van der Waals surface area contributed by atoms with E-state index >= 15 is 0 Å². The molecular weight excluding hydrogens is 438 g/mol. The van der Waals surface area contributed by atoms with Crippen LogP contribution in [0.25, 0.3) is 22.5 Å². The molecule has 0 radical (unpaired) electrons. The number of nitrogens with two attached hydrogens (primary N) is 1. The van der Waals surface area contributed by atoms with Crippen LogP contribution in [0, 0.1) is 5.82 Å². The second-order valence-corrected chi connectivity index (χ2v) is 7.02. The first-order valence-corrected chi connectivity index (χ1v) is 9.62. The van der Waals surface area contributed by atoms with Gasteiger partial charge in [0.05, 0.1) is 11.4 Å². The Kier molecular flexibility index (Phi) is 5.82. The monoisotopic (exact) mass is 453 g/mol. The van der Waals surface area contributed by atoms with Gasteiger partial charge in [-0.3, -0.25) is 9.78 Å². The minimum Gasteiger partial charge on any atom is -0.384 e. The van der Waals surface area contributed by atoms with E-state index in [1.54, 1.807) is 30.3 Å². The van der Waals surface area contributed by atoms with Crippen LogP contribution < -0.4 is 5.73 Å². The van der Waals surface area contributed by atoms with E-state index in [4.69, 9.17) is 5.73 Å². The van der Waals surface area contributed by atoms with Crippen molar-refractivity contribution in [1.82, 2.24) is 19.9 Å². The summed E-state index contributed by atoms with van der Waals surface area (Å²) < 4.78 is 53.5. The van der Waals surface area contributed by atoms with Crippen molar-refractivity contribution in [2.75, 3.05) is 5.73 Å². The lowest BCUT2D eigenvalue weighted by Crippen LogP contribution is -2.13. The van der Waals surface area contributed by atoms with Gasteiger partial charge in [0.2, 0.25) is 5.82 Å². The number of carbonyl (C=O) groups is 1. The molecule has 0 spiro atoms. The number of alkyl halides is 3. The summed E-state index contributed by atoms with van der Waals surface area (Å²) in [5.74, 6) is -2.65. The topological polar surface area (TPSA) is 94.7 Å². The van der Waals surface area contributed by atoms with Gasteiger partial charge in [0, 0.05) is 36.0 Å². The second kappa shape index (κ2) is 8.73. The lowest BCUT2D eigenvalue weighted by Gasteiger charge is -2.11. The molecule has 2 N–H and O–H groups in total. The fourth-order valence-corrected chi connectivity index (χ4v) is 3.22. The molecule has 0 aliphatic carbocycles. The molecule has 0 atom stereocenters. The molecule has 0 saturated carbocycles. The van der Waals surface area contributed by atoms with Crippen molar-refractivity contribution >= 4 is 11.6 Å². The third-order valence-electron chi connectivity index (χ3n) is 4.71. The SMILES string of the molecule is Nc1cc(-c2ccncc2CC(=O)c2cccc(-c3ccccc3F)n2)nc(C(F)(F)F)n1. The number of pyridine rings is 2. The molecule has 0 saturated heterocycles. The lowest BCUT2D eigenvalue weighted by atomic mass is 10.0. The molecule has 6 nitrogen and oxygen atoms in total. The summed E-state index contributed by atoms with van der Waals surface area (Å²) in [6.45, 7) is 0. The average molecular weight is 453 g/mol. The van der Waals surface area contributed by atoms with Gasteiger partial charge < -0.3 is 5.73 Å². The summed E-state index contributed by atoms with van der Waals surface area (Å²) in [5.41, 5.74) is 6.63. The van der Waals surface area contributed by atoms with E-state index in [0.29, 0.717) is 5.56 Å². The molecule has 0 aliphatic rings. The van der Waals surface area contributed by atoms with E-state index in [1.165, 1.54) is 36.7 Å². The molecule has 166 valence electrons. The van der Waals surface area contributed by atoms with Gasteiger partial charge in [0.15, 0.2) is 5.78 Å². The maximum absolute atomic E-state index is 14.1. The van der Waals surface area contributed by atoms with Crippen LogP contribution in [0.2, 0.25) is 0 Å². The second-order valence-electron chi connectivity index (χ2n) is 7.02. The number of hydrogen-bond donors (Lipinski definition) is 1. The number of nitrogens with zero attached hydrogens (tertiary/aromatic N) is 4. The van der Waals surface area contributed by atoms with Gasteiger partial charge in [0.25, 0.3) is 0 Å². The molecule has 0 fully saturated rings. The van der Waals surface area contributed by atoms with Crippen LogP contribution in [0.15, 0.2) is 67.0 Å². The first-order valence-electron chi connectivity index (χ1n) is 9.62. The highest BCUT2D eigenvalue weighted by Gasteiger charge is 2.35. The zero-order valence-corrected chi connectivity index (χ0v) is 16.8. The molecule has 3 heterocycles. The number of nitrogen functional groups attached to an aromatic ring is 1. The fraction of sp³-hybridized carbons (Fsp3) is 0.0870. The van der Waals surface area contributed by atoms with Crippen molar-refractivity contribution < 1.29 is 22.4 Å². The zero-order chi connectivity index (χ0) is 23.6. The molecule has 1 aromatic carbocycles. The molecule has 33 heavy (non-hydrogen) atoms. The number of benzene rings is 1. The van der Waals surface area contributed by atoms with Gasteiger partial charge in [-0.2, -0.15) is 13.2 Å². The predicted molar refractivity (Wildman–Crippen MR) is 112 cm³/mol. The van der Waals surface area contributed by atoms with E-state index < -0.39 is 23.6 Å². The number of ketones is 1. The Morgan fingerprint density at radius 2 is 1.70 bits per heavy atom. The van der Waals surface area contributed by atoms with E-state index in [2.05, 4.69) is 19.9 Å². The van der Waals surface area contributed by atoms with Crippen molar-refractivity contribution in [2.24, 2.45) is 0 Å². The van der Waals surface area contributed by atoms with E-state index in [1.807, 2.05) is 0 Å². The lowest BCUT2D eigenvalue weighted by molar-refractivity contribution is -0.144. The highest BCUT2D eigenvalue weighted by Crippen LogP contribution is 2.30. The number of aromatic nitrogens is 4. The Labute approximate surface area is 185 Å². The molecule has 0 bridgehead atoms. The number of halogens is 4. The van der Waals surface area contributed by atoms with Crippen molar-refractivity contribution in [2.45, 2.75) is 12.6 Å². The van der Waals surface area contributed by atoms with E-state index in [9.17, 15) is 22.4 Å². The van der Waals surface area contributed by atoms with Gasteiger partial charge >= 0.3 is 6.18 Å². The first kappa shape index (κ1) is 22.0. The molecule has 10 heteroatoms. The summed E-state index contributed by atoms with van der Waals surface area (Å²) >= 11 is 0. The van der Waals surface area contributed by atoms with Gasteiger partial charge in [-0.25, -0.2) is 19.3 Å². The summed E-state index contributed by atoms with van der Waals surface area (Å²) in [7, 11) is 0. The van der Waals surface area contributed by atoms with Gasteiger partial charge in [0.1, 0.15) is 17.3 Å². The molecule has 4 aromatic rings. The van der Waals surface area contributed by atoms with Crippen LogP contribution in [0.5, 0.6) is 0 Å². The molecule has 0 amide bonds. The highest BCUT2D eigenvalue weighted by atomic mass is 19.4. The van der Waals surface area contributed by atoms with Crippen LogP contribution >= 0.6 is 0 Å². The van der Waals surface area contributed by atoms with Crippen LogP contribution in [0.1, 0.15) is 21.9 Å². The number of carbonyl (C=O) groups excluding carboxylic acids is 1. The van der Waals surface area contributed by atoms with Gasteiger partial charge in [-0.15, -0.1) is 0 Å².